The summed E-state index contributed by atoms with van der Waals surface area (Å²) in [7, 11) is 0. The van der Waals surface area contributed by atoms with Gasteiger partial charge in [-0.15, -0.1) is 6.58 Å². The number of hydrogen-bond acceptors (Lipinski definition) is 2. The topological polar surface area (TPSA) is 12.0 Å². The monoisotopic (exact) mass is 251 g/mol. The van der Waals surface area contributed by atoms with Crippen molar-refractivity contribution in [3.63, 3.8) is 0 Å². The van der Waals surface area contributed by atoms with Gasteiger partial charge < -0.3 is 5.32 Å². The molecule has 1 aromatic heterocycles. The fourth-order valence-corrected chi connectivity index (χ4v) is 2.71. The number of rotatable bonds is 10. The Kier molecular flexibility index (Phi) is 8.02. The van der Waals surface area contributed by atoms with Gasteiger partial charge in [0.05, 0.1) is 0 Å². The van der Waals surface area contributed by atoms with Crippen LogP contribution in [0.25, 0.3) is 0 Å². The van der Waals surface area contributed by atoms with Gasteiger partial charge in [0, 0.05) is 6.04 Å². The number of hydrogen-bond donors (Lipinski definition) is 1. The minimum absolute atomic E-state index is 0.560. The van der Waals surface area contributed by atoms with E-state index >= 15 is 0 Å². The van der Waals surface area contributed by atoms with Crippen LogP contribution in [0.4, 0.5) is 0 Å². The second-order valence-corrected chi connectivity index (χ2v) is 5.27. The van der Waals surface area contributed by atoms with Crippen LogP contribution in [0.5, 0.6) is 0 Å². The Bertz CT molecular complexity index is 279. The highest BCUT2D eigenvalue weighted by molar-refractivity contribution is 7.07. The zero-order valence-electron chi connectivity index (χ0n) is 11.0. The molecular formula is C15H25NS. The van der Waals surface area contributed by atoms with E-state index in [1.807, 2.05) is 6.08 Å². The van der Waals surface area contributed by atoms with E-state index in [0.717, 1.165) is 13.0 Å². The first-order valence-corrected chi connectivity index (χ1v) is 7.69. The van der Waals surface area contributed by atoms with Crippen molar-refractivity contribution in [2.45, 2.75) is 51.5 Å². The van der Waals surface area contributed by atoms with Gasteiger partial charge in [-0.2, -0.15) is 11.3 Å². The molecule has 96 valence electrons. The van der Waals surface area contributed by atoms with Crippen molar-refractivity contribution >= 4 is 11.3 Å². The molecule has 1 atom stereocenters. The number of thiophene rings is 1. The molecule has 0 radical (unpaired) electrons. The molecule has 0 spiro atoms. The smallest absolute Gasteiger partial charge is 0.0328 e. The molecule has 1 unspecified atom stereocenters. The third kappa shape index (κ3) is 6.04. The van der Waals surface area contributed by atoms with Crippen LogP contribution in [0.2, 0.25) is 0 Å². The largest absolute Gasteiger partial charge is 0.310 e. The van der Waals surface area contributed by atoms with Crippen LogP contribution in [-0.4, -0.2) is 6.54 Å². The number of unbranched alkanes of at least 4 members (excludes halogenated alkanes) is 3. The maximum absolute atomic E-state index is 3.76. The van der Waals surface area contributed by atoms with E-state index in [1.54, 1.807) is 11.3 Å². The van der Waals surface area contributed by atoms with Gasteiger partial charge in [-0.3, -0.25) is 0 Å². The zero-order valence-corrected chi connectivity index (χ0v) is 11.8. The lowest BCUT2D eigenvalue weighted by Gasteiger charge is -2.17. The fourth-order valence-electron chi connectivity index (χ4n) is 1.99. The minimum atomic E-state index is 0.560. The summed E-state index contributed by atoms with van der Waals surface area (Å²) in [6, 6.07) is 2.81. The van der Waals surface area contributed by atoms with Crippen molar-refractivity contribution in [2.75, 3.05) is 6.54 Å². The quantitative estimate of drug-likeness (QED) is 0.459. The summed E-state index contributed by atoms with van der Waals surface area (Å²) in [6.07, 6.45) is 9.56. The lowest BCUT2D eigenvalue weighted by atomic mass is 10.0. The van der Waals surface area contributed by atoms with Crippen molar-refractivity contribution < 1.29 is 0 Å². The normalized spacial score (nSPS) is 12.5. The zero-order chi connectivity index (χ0) is 12.3. The highest BCUT2D eigenvalue weighted by Gasteiger charge is 2.10. The summed E-state index contributed by atoms with van der Waals surface area (Å²) in [5, 5.41) is 8.10. The number of nitrogens with one attached hydrogen (secondary N) is 1. The summed E-state index contributed by atoms with van der Waals surface area (Å²) >= 11 is 1.80. The van der Waals surface area contributed by atoms with Crippen LogP contribution in [0.15, 0.2) is 29.5 Å². The molecule has 0 aliphatic heterocycles. The van der Waals surface area contributed by atoms with Crippen molar-refractivity contribution in [1.29, 1.82) is 0 Å². The van der Waals surface area contributed by atoms with E-state index in [1.165, 1.54) is 37.7 Å². The predicted octanol–water partition coefficient (Wildman–Crippen LogP) is 4.93. The molecule has 0 bridgehead atoms. The second kappa shape index (κ2) is 9.43. The summed E-state index contributed by atoms with van der Waals surface area (Å²) in [6.45, 7) is 7.11. The second-order valence-electron chi connectivity index (χ2n) is 4.49. The van der Waals surface area contributed by atoms with Gasteiger partial charge in [0.25, 0.3) is 0 Å². The van der Waals surface area contributed by atoms with Crippen molar-refractivity contribution in [2.24, 2.45) is 0 Å². The van der Waals surface area contributed by atoms with Crippen LogP contribution in [0, 0.1) is 0 Å². The summed E-state index contributed by atoms with van der Waals surface area (Å²) in [4.78, 5) is 0. The van der Waals surface area contributed by atoms with Gasteiger partial charge in [-0.25, -0.2) is 0 Å². The molecule has 1 N–H and O–H groups in total. The summed E-state index contributed by atoms with van der Waals surface area (Å²) in [5.41, 5.74) is 1.46. The molecule has 0 aliphatic rings. The van der Waals surface area contributed by atoms with Gasteiger partial charge in [-0.1, -0.05) is 25.8 Å². The Morgan fingerprint density at radius 2 is 2.29 bits per heavy atom. The van der Waals surface area contributed by atoms with E-state index in [2.05, 4.69) is 35.6 Å². The Hall–Kier alpha value is -0.600. The Morgan fingerprint density at radius 3 is 2.94 bits per heavy atom. The van der Waals surface area contributed by atoms with Crippen LogP contribution in [0.3, 0.4) is 0 Å². The minimum Gasteiger partial charge on any atom is -0.310 e. The Balaban J connectivity index is 2.28. The van der Waals surface area contributed by atoms with Gasteiger partial charge in [0.15, 0.2) is 0 Å². The van der Waals surface area contributed by atoms with Gasteiger partial charge in [0.1, 0.15) is 0 Å². The first kappa shape index (κ1) is 14.5. The van der Waals surface area contributed by atoms with E-state index in [4.69, 9.17) is 0 Å². The standard InChI is InChI=1S/C15H25NS/c1-3-5-6-7-8-9-15(16-11-4-2)14-10-12-17-13-14/h3,10,12-13,15-16H,1,4-9,11H2,2H3. The maximum atomic E-state index is 3.76. The average Bonchev–Trinajstić information content (AvgIpc) is 2.86. The van der Waals surface area contributed by atoms with Gasteiger partial charge in [-0.05, 0) is 54.6 Å². The molecule has 0 amide bonds. The molecule has 1 heterocycles. The molecule has 0 saturated carbocycles. The summed E-state index contributed by atoms with van der Waals surface area (Å²) < 4.78 is 0. The molecule has 0 aromatic carbocycles. The third-order valence-corrected chi connectivity index (χ3v) is 3.69. The lowest BCUT2D eigenvalue weighted by molar-refractivity contribution is 0.473. The molecule has 1 rings (SSSR count). The molecule has 0 fully saturated rings. The Morgan fingerprint density at radius 1 is 1.41 bits per heavy atom. The van der Waals surface area contributed by atoms with Crippen LogP contribution < -0.4 is 5.32 Å². The maximum Gasteiger partial charge on any atom is 0.0328 e. The molecule has 1 nitrogen and oxygen atoms in total. The first-order valence-electron chi connectivity index (χ1n) is 6.74. The highest BCUT2D eigenvalue weighted by Crippen LogP contribution is 2.22. The SMILES string of the molecule is C=CCCCCCC(NCCC)c1ccsc1. The van der Waals surface area contributed by atoms with Crippen LogP contribution in [0.1, 0.15) is 57.1 Å². The van der Waals surface area contributed by atoms with Crippen LogP contribution >= 0.6 is 11.3 Å². The highest BCUT2D eigenvalue weighted by atomic mass is 32.1. The van der Waals surface area contributed by atoms with Gasteiger partial charge in [0.2, 0.25) is 0 Å². The average molecular weight is 251 g/mol. The Labute approximate surface area is 110 Å². The molecule has 0 saturated heterocycles. The van der Waals surface area contributed by atoms with E-state index in [0.29, 0.717) is 6.04 Å². The lowest BCUT2D eigenvalue weighted by Crippen LogP contribution is -2.21. The third-order valence-electron chi connectivity index (χ3n) is 2.99. The van der Waals surface area contributed by atoms with Crippen molar-refractivity contribution in [3.8, 4) is 0 Å². The molecule has 2 heteroatoms. The van der Waals surface area contributed by atoms with Gasteiger partial charge >= 0.3 is 0 Å². The molecule has 1 aromatic rings. The van der Waals surface area contributed by atoms with Crippen LogP contribution in [-0.2, 0) is 0 Å². The van der Waals surface area contributed by atoms with Crippen molar-refractivity contribution in [1.82, 2.24) is 5.32 Å². The van der Waals surface area contributed by atoms with E-state index in [-0.39, 0.29) is 0 Å². The fraction of sp³-hybridized carbons (Fsp3) is 0.600. The van der Waals surface area contributed by atoms with E-state index < -0.39 is 0 Å². The molecular weight excluding hydrogens is 226 g/mol. The van der Waals surface area contributed by atoms with Crippen molar-refractivity contribution in [3.05, 3.63) is 35.0 Å². The predicted molar refractivity (Wildman–Crippen MR) is 78.6 cm³/mol. The summed E-state index contributed by atoms with van der Waals surface area (Å²) in [5.74, 6) is 0. The molecule has 17 heavy (non-hydrogen) atoms. The molecule has 0 aliphatic carbocycles. The first-order chi connectivity index (χ1) is 8.38. The number of allylic oxidation sites excluding steroid dienone is 1. The van der Waals surface area contributed by atoms with E-state index in [9.17, 15) is 0 Å².